The first-order valence-corrected chi connectivity index (χ1v) is 11.9. The van der Waals surface area contributed by atoms with E-state index in [0.29, 0.717) is 34.8 Å². The minimum Gasteiger partial charge on any atom is -0.490 e. The lowest BCUT2D eigenvalue weighted by Crippen LogP contribution is -2.16. The zero-order chi connectivity index (χ0) is 21.8. The molecular weight excluding hydrogens is 489 g/mol. The van der Waals surface area contributed by atoms with E-state index in [4.69, 9.17) is 37.4 Å². The Bertz CT molecular complexity index is 789. The van der Waals surface area contributed by atoms with Crippen LogP contribution in [0.25, 0.3) is 0 Å². The smallest absolute Gasteiger partial charge is 0.175 e. The maximum atomic E-state index is 6.26. The van der Waals surface area contributed by atoms with E-state index in [1.54, 1.807) is 12.1 Å². The van der Waals surface area contributed by atoms with Crippen LogP contribution in [0.1, 0.15) is 44.2 Å². The molecule has 0 aliphatic heterocycles. The Morgan fingerprint density at radius 1 is 1.00 bits per heavy atom. The molecular formula is C23H30BrCl2NO3. The van der Waals surface area contributed by atoms with Crippen LogP contribution in [0.3, 0.4) is 0 Å². The van der Waals surface area contributed by atoms with Gasteiger partial charge in [-0.1, -0.05) is 42.6 Å². The Balaban J connectivity index is 1.92. The second-order valence-corrected chi connectivity index (χ2v) is 8.56. The summed E-state index contributed by atoms with van der Waals surface area (Å²) in [7, 11) is 0. The zero-order valence-corrected chi connectivity index (χ0v) is 20.7. The standard InChI is InChI=1S/C23H30BrCl2NO3/c1-3-5-10-28-11-6-9-27-15-17-12-20(24)23(22(13-17)29-4-2)30-16-18-7-8-19(25)14-21(18)26/h7-8,12-14,27H,3-6,9-11,15-16H2,1-2H3. The van der Waals surface area contributed by atoms with Gasteiger partial charge in [0.2, 0.25) is 0 Å². The van der Waals surface area contributed by atoms with E-state index in [2.05, 4.69) is 28.2 Å². The van der Waals surface area contributed by atoms with E-state index in [1.807, 2.05) is 25.1 Å². The van der Waals surface area contributed by atoms with E-state index in [9.17, 15) is 0 Å². The van der Waals surface area contributed by atoms with Crippen molar-refractivity contribution in [2.45, 2.75) is 46.3 Å². The molecule has 0 atom stereocenters. The van der Waals surface area contributed by atoms with Gasteiger partial charge < -0.3 is 19.5 Å². The van der Waals surface area contributed by atoms with Gasteiger partial charge in [-0.15, -0.1) is 0 Å². The molecule has 1 N–H and O–H groups in total. The van der Waals surface area contributed by atoms with E-state index in [1.165, 1.54) is 6.42 Å². The van der Waals surface area contributed by atoms with Crippen molar-refractivity contribution in [3.63, 3.8) is 0 Å². The number of hydrogen-bond acceptors (Lipinski definition) is 4. The quantitative estimate of drug-likeness (QED) is 0.272. The lowest BCUT2D eigenvalue weighted by atomic mass is 10.2. The van der Waals surface area contributed by atoms with Gasteiger partial charge in [-0.3, -0.25) is 0 Å². The van der Waals surface area contributed by atoms with Crippen molar-refractivity contribution in [2.75, 3.05) is 26.4 Å². The van der Waals surface area contributed by atoms with E-state index in [0.717, 1.165) is 54.7 Å². The number of halogens is 3. The van der Waals surface area contributed by atoms with Crippen LogP contribution in [0, 0.1) is 0 Å². The van der Waals surface area contributed by atoms with Gasteiger partial charge in [0.25, 0.3) is 0 Å². The number of rotatable bonds is 14. The molecule has 0 saturated heterocycles. The fraction of sp³-hybridized carbons (Fsp3) is 0.478. The maximum absolute atomic E-state index is 6.26. The number of unbranched alkanes of at least 4 members (excludes halogenated alkanes) is 1. The molecule has 0 amide bonds. The molecule has 7 heteroatoms. The molecule has 0 aromatic heterocycles. The van der Waals surface area contributed by atoms with Crippen LogP contribution in [-0.4, -0.2) is 26.4 Å². The Hall–Kier alpha value is -0.980. The molecule has 30 heavy (non-hydrogen) atoms. The average Bonchev–Trinajstić information content (AvgIpc) is 2.71. The minimum absolute atomic E-state index is 0.324. The summed E-state index contributed by atoms with van der Waals surface area (Å²) in [5.41, 5.74) is 1.98. The Kier molecular flexibility index (Phi) is 11.9. The summed E-state index contributed by atoms with van der Waals surface area (Å²) < 4.78 is 18.3. The third kappa shape index (κ3) is 8.64. The van der Waals surface area contributed by atoms with Crippen molar-refractivity contribution in [3.8, 4) is 11.5 Å². The van der Waals surface area contributed by atoms with Crippen molar-refractivity contribution in [1.29, 1.82) is 0 Å². The van der Waals surface area contributed by atoms with Crippen LogP contribution in [0.2, 0.25) is 10.0 Å². The van der Waals surface area contributed by atoms with Crippen molar-refractivity contribution in [1.82, 2.24) is 5.32 Å². The van der Waals surface area contributed by atoms with Crippen LogP contribution in [0.15, 0.2) is 34.8 Å². The molecule has 0 saturated carbocycles. The molecule has 2 rings (SSSR count). The second-order valence-electron chi connectivity index (χ2n) is 6.86. The van der Waals surface area contributed by atoms with Crippen LogP contribution in [-0.2, 0) is 17.9 Å². The average molecular weight is 519 g/mol. The summed E-state index contributed by atoms with van der Waals surface area (Å²) in [5, 5.41) is 4.63. The highest BCUT2D eigenvalue weighted by atomic mass is 79.9. The largest absolute Gasteiger partial charge is 0.490 e. The SMILES string of the molecule is CCCCOCCCNCc1cc(Br)c(OCc2ccc(Cl)cc2Cl)c(OCC)c1. The van der Waals surface area contributed by atoms with Crippen LogP contribution < -0.4 is 14.8 Å². The molecule has 0 heterocycles. The normalized spacial score (nSPS) is 11.0. The van der Waals surface area contributed by atoms with E-state index in [-0.39, 0.29) is 0 Å². The predicted molar refractivity (Wildman–Crippen MR) is 128 cm³/mol. The van der Waals surface area contributed by atoms with Gasteiger partial charge in [-0.05, 0) is 72.1 Å². The topological polar surface area (TPSA) is 39.7 Å². The lowest BCUT2D eigenvalue weighted by molar-refractivity contribution is 0.129. The molecule has 0 fully saturated rings. The molecule has 166 valence electrons. The highest BCUT2D eigenvalue weighted by molar-refractivity contribution is 9.10. The van der Waals surface area contributed by atoms with E-state index >= 15 is 0 Å². The summed E-state index contributed by atoms with van der Waals surface area (Å²) in [6.07, 6.45) is 3.29. The number of hydrogen-bond donors (Lipinski definition) is 1. The molecule has 0 unspecified atom stereocenters. The van der Waals surface area contributed by atoms with Crippen molar-refractivity contribution in [3.05, 3.63) is 56.0 Å². The molecule has 0 radical (unpaired) electrons. The highest BCUT2D eigenvalue weighted by Gasteiger charge is 2.13. The summed E-state index contributed by atoms with van der Waals surface area (Å²) in [6.45, 7) is 8.30. The first kappa shape index (κ1) is 25.3. The summed E-state index contributed by atoms with van der Waals surface area (Å²) >= 11 is 15.8. The van der Waals surface area contributed by atoms with Crippen LogP contribution >= 0.6 is 39.1 Å². The monoisotopic (exact) mass is 517 g/mol. The second kappa shape index (κ2) is 14.2. The Morgan fingerprint density at radius 2 is 1.80 bits per heavy atom. The number of ether oxygens (including phenoxy) is 3. The minimum atomic E-state index is 0.324. The van der Waals surface area contributed by atoms with Gasteiger partial charge in [0, 0.05) is 35.4 Å². The lowest BCUT2D eigenvalue weighted by Gasteiger charge is -2.16. The highest BCUT2D eigenvalue weighted by Crippen LogP contribution is 2.38. The van der Waals surface area contributed by atoms with Crippen molar-refractivity contribution in [2.24, 2.45) is 0 Å². The third-order valence-corrected chi connectivity index (χ3v) is 5.55. The molecule has 0 bridgehead atoms. The third-order valence-electron chi connectivity index (χ3n) is 4.37. The molecule has 0 aliphatic carbocycles. The molecule has 0 spiro atoms. The van der Waals surface area contributed by atoms with Gasteiger partial charge >= 0.3 is 0 Å². The molecule has 2 aromatic rings. The Labute approximate surface area is 198 Å². The molecule has 0 aliphatic rings. The van der Waals surface area contributed by atoms with Crippen LogP contribution in [0.5, 0.6) is 11.5 Å². The van der Waals surface area contributed by atoms with Gasteiger partial charge in [0.1, 0.15) is 6.61 Å². The van der Waals surface area contributed by atoms with E-state index < -0.39 is 0 Å². The molecule has 2 aromatic carbocycles. The van der Waals surface area contributed by atoms with Gasteiger partial charge in [0.05, 0.1) is 11.1 Å². The fourth-order valence-electron chi connectivity index (χ4n) is 2.80. The zero-order valence-electron chi connectivity index (χ0n) is 17.6. The first-order chi connectivity index (χ1) is 14.5. The number of nitrogens with one attached hydrogen (secondary N) is 1. The summed E-state index contributed by atoms with van der Waals surface area (Å²) in [5.74, 6) is 1.37. The maximum Gasteiger partial charge on any atom is 0.175 e. The van der Waals surface area contributed by atoms with Crippen molar-refractivity contribution >= 4 is 39.1 Å². The summed E-state index contributed by atoms with van der Waals surface area (Å²) in [6, 6.07) is 9.44. The van der Waals surface area contributed by atoms with Crippen LogP contribution in [0.4, 0.5) is 0 Å². The predicted octanol–water partition coefficient (Wildman–Crippen LogP) is 7.03. The van der Waals surface area contributed by atoms with Gasteiger partial charge in [0.15, 0.2) is 11.5 Å². The fourth-order valence-corrected chi connectivity index (χ4v) is 3.86. The molecule has 4 nitrogen and oxygen atoms in total. The first-order valence-electron chi connectivity index (χ1n) is 10.4. The van der Waals surface area contributed by atoms with Crippen molar-refractivity contribution < 1.29 is 14.2 Å². The Morgan fingerprint density at radius 3 is 2.53 bits per heavy atom. The van der Waals surface area contributed by atoms with Gasteiger partial charge in [-0.2, -0.15) is 0 Å². The summed E-state index contributed by atoms with van der Waals surface area (Å²) in [4.78, 5) is 0. The van der Waals surface area contributed by atoms with Gasteiger partial charge in [-0.25, -0.2) is 0 Å². The number of benzene rings is 2.